The molecule has 324 valence electrons. The molecule has 0 radical (unpaired) electrons. The Morgan fingerprint density at radius 2 is 0.964 bits per heavy atom. The molecule has 0 aromatic rings. The van der Waals surface area contributed by atoms with E-state index in [9.17, 15) is 30.0 Å². The normalized spacial score (nSPS) is 20.6. The van der Waals surface area contributed by atoms with Gasteiger partial charge in [-0.15, -0.1) is 0 Å². The van der Waals surface area contributed by atoms with Crippen molar-refractivity contribution in [3.05, 3.63) is 12.2 Å². The van der Waals surface area contributed by atoms with Gasteiger partial charge >= 0.3 is 11.9 Å². The van der Waals surface area contributed by atoms with Crippen molar-refractivity contribution in [2.75, 3.05) is 19.8 Å². The molecule has 0 amide bonds. The molecule has 6 atom stereocenters. The number of unbranched alkanes of at least 4 members (excludes halogenated alkanes) is 25. The van der Waals surface area contributed by atoms with Crippen LogP contribution in [0.15, 0.2) is 12.2 Å². The maximum absolute atomic E-state index is 12.8. The van der Waals surface area contributed by atoms with Gasteiger partial charge in [-0.25, -0.2) is 0 Å². The summed E-state index contributed by atoms with van der Waals surface area (Å²) in [6, 6.07) is 0. The van der Waals surface area contributed by atoms with Gasteiger partial charge in [0.25, 0.3) is 0 Å². The van der Waals surface area contributed by atoms with Gasteiger partial charge in [0.05, 0.1) is 13.2 Å². The Hall–Kier alpha value is -1.56. The summed E-state index contributed by atoms with van der Waals surface area (Å²) >= 11 is 0. The van der Waals surface area contributed by atoms with Gasteiger partial charge in [-0.3, -0.25) is 9.59 Å². The lowest BCUT2D eigenvalue weighted by molar-refractivity contribution is -0.305. The molecule has 1 heterocycles. The van der Waals surface area contributed by atoms with E-state index in [2.05, 4.69) is 26.0 Å². The summed E-state index contributed by atoms with van der Waals surface area (Å²) in [4.78, 5) is 25.3. The Labute approximate surface area is 335 Å². The lowest BCUT2D eigenvalue weighted by atomic mass is 9.99. The average Bonchev–Trinajstić information content (AvgIpc) is 3.18. The number of rotatable bonds is 38. The molecule has 0 spiro atoms. The molecule has 0 aromatic heterocycles. The number of ether oxygens (including phenoxy) is 4. The van der Waals surface area contributed by atoms with Crippen molar-refractivity contribution < 1.29 is 49.0 Å². The molecule has 1 aliphatic rings. The van der Waals surface area contributed by atoms with Gasteiger partial charge in [-0.05, 0) is 38.5 Å². The summed E-state index contributed by atoms with van der Waals surface area (Å²) in [6.45, 7) is 3.42. The van der Waals surface area contributed by atoms with Crippen LogP contribution >= 0.6 is 0 Å². The van der Waals surface area contributed by atoms with Gasteiger partial charge in [0, 0.05) is 12.8 Å². The van der Waals surface area contributed by atoms with Gasteiger partial charge in [0.2, 0.25) is 0 Å². The van der Waals surface area contributed by atoms with E-state index < -0.39 is 49.4 Å². The van der Waals surface area contributed by atoms with Crippen LogP contribution < -0.4 is 0 Å². The van der Waals surface area contributed by atoms with Gasteiger partial charge in [-0.2, -0.15) is 0 Å². The molecular weight excluding hydrogens is 700 g/mol. The summed E-state index contributed by atoms with van der Waals surface area (Å²) in [5, 5.41) is 40.0. The van der Waals surface area contributed by atoms with Crippen molar-refractivity contribution in [3.63, 3.8) is 0 Å². The largest absolute Gasteiger partial charge is 0.462 e. The molecular formula is C45H84O10. The third-order valence-electron chi connectivity index (χ3n) is 10.7. The second kappa shape index (κ2) is 36.8. The minimum absolute atomic E-state index is 0.213. The van der Waals surface area contributed by atoms with Gasteiger partial charge in [0.1, 0.15) is 31.0 Å². The third kappa shape index (κ3) is 28.5. The molecule has 6 unspecified atom stereocenters. The predicted octanol–water partition coefficient (Wildman–Crippen LogP) is 9.56. The van der Waals surface area contributed by atoms with Crippen LogP contribution in [0.1, 0.15) is 206 Å². The van der Waals surface area contributed by atoms with Crippen LogP contribution in [0.4, 0.5) is 0 Å². The Bertz CT molecular complexity index is 912. The minimum Gasteiger partial charge on any atom is -0.462 e. The van der Waals surface area contributed by atoms with Crippen LogP contribution in [-0.4, -0.2) is 89.0 Å². The molecule has 55 heavy (non-hydrogen) atoms. The zero-order valence-electron chi connectivity index (χ0n) is 35.2. The van der Waals surface area contributed by atoms with E-state index in [-0.39, 0.29) is 32.0 Å². The highest BCUT2D eigenvalue weighted by molar-refractivity contribution is 5.70. The summed E-state index contributed by atoms with van der Waals surface area (Å²) < 4.78 is 22.1. The number of carbonyl (C=O) groups excluding carboxylic acids is 2. The Morgan fingerprint density at radius 1 is 0.545 bits per heavy atom. The van der Waals surface area contributed by atoms with E-state index in [1.54, 1.807) is 0 Å². The quantitative estimate of drug-likeness (QED) is 0.0271. The van der Waals surface area contributed by atoms with E-state index in [0.717, 1.165) is 38.5 Å². The number of carbonyl (C=O) groups is 2. The minimum atomic E-state index is -1.59. The molecule has 0 aliphatic carbocycles. The second-order valence-corrected chi connectivity index (χ2v) is 15.9. The van der Waals surface area contributed by atoms with Crippen molar-refractivity contribution in [1.82, 2.24) is 0 Å². The number of aliphatic hydroxyl groups excluding tert-OH is 4. The monoisotopic (exact) mass is 785 g/mol. The summed E-state index contributed by atoms with van der Waals surface area (Å²) in [5.41, 5.74) is 0. The molecule has 1 rings (SSSR count). The van der Waals surface area contributed by atoms with Crippen LogP contribution in [0.25, 0.3) is 0 Å². The second-order valence-electron chi connectivity index (χ2n) is 15.9. The van der Waals surface area contributed by atoms with Crippen molar-refractivity contribution in [2.45, 2.75) is 243 Å². The maximum atomic E-state index is 12.8. The number of hydrogen-bond acceptors (Lipinski definition) is 10. The molecule has 10 heteroatoms. The van der Waals surface area contributed by atoms with Gasteiger partial charge < -0.3 is 39.4 Å². The smallest absolute Gasteiger partial charge is 0.306 e. The zero-order valence-corrected chi connectivity index (χ0v) is 35.2. The van der Waals surface area contributed by atoms with Crippen molar-refractivity contribution >= 4 is 11.9 Å². The Balaban J connectivity index is 2.29. The van der Waals surface area contributed by atoms with E-state index in [0.29, 0.717) is 6.42 Å². The fourth-order valence-corrected chi connectivity index (χ4v) is 7.01. The maximum Gasteiger partial charge on any atom is 0.306 e. The molecule has 0 bridgehead atoms. The van der Waals surface area contributed by atoms with E-state index in [4.69, 9.17) is 18.9 Å². The number of aliphatic hydroxyl groups is 4. The third-order valence-corrected chi connectivity index (χ3v) is 10.7. The molecule has 0 aromatic carbocycles. The van der Waals surface area contributed by atoms with Crippen LogP contribution in [0, 0.1) is 0 Å². The standard InChI is InChI=1S/C45H84O10/c1-3-5-7-9-11-13-15-16-17-18-19-20-21-22-24-26-28-30-32-34-41(48)54-38(37-53-45-44(51)43(50)42(49)39(35-46)55-45)36-52-40(47)33-31-29-27-25-23-14-12-10-8-6-4-2/h16-17,38-39,42-46,49-51H,3-15,18-37H2,1-2H3/b17-16-. The van der Waals surface area contributed by atoms with Crippen LogP contribution in [0.2, 0.25) is 0 Å². The molecule has 1 fully saturated rings. The SMILES string of the molecule is CCCCCCCC/C=C\CCCCCCCCCCCC(=O)OC(COC(=O)CCCCCCCCCCCCC)COC1OC(CO)C(O)C(O)C1O. The van der Waals surface area contributed by atoms with Crippen LogP contribution in [0.5, 0.6) is 0 Å². The van der Waals surface area contributed by atoms with Crippen LogP contribution in [-0.2, 0) is 28.5 Å². The molecule has 0 saturated carbocycles. The Morgan fingerprint density at radius 3 is 1.42 bits per heavy atom. The average molecular weight is 785 g/mol. The highest BCUT2D eigenvalue weighted by atomic mass is 16.7. The first-order chi connectivity index (χ1) is 26.8. The highest BCUT2D eigenvalue weighted by Crippen LogP contribution is 2.23. The van der Waals surface area contributed by atoms with E-state index in [1.807, 2.05) is 0 Å². The summed E-state index contributed by atoms with van der Waals surface area (Å²) in [5.74, 6) is -0.801. The number of hydrogen-bond donors (Lipinski definition) is 4. The highest BCUT2D eigenvalue weighted by Gasteiger charge is 2.44. The summed E-state index contributed by atoms with van der Waals surface area (Å²) in [7, 11) is 0. The van der Waals surface area contributed by atoms with E-state index in [1.165, 1.54) is 135 Å². The first-order valence-electron chi connectivity index (χ1n) is 22.8. The van der Waals surface area contributed by atoms with Crippen molar-refractivity contribution in [3.8, 4) is 0 Å². The van der Waals surface area contributed by atoms with Crippen molar-refractivity contribution in [1.29, 1.82) is 0 Å². The number of esters is 2. The fraction of sp³-hybridized carbons (Fsp3) is 0.911. The predicted molar refractivity (Wildman–Crippen MR) is 220 cm³/mol. The lowest BCUT2D eigenvalue weighted by Gasteiger charge is -2.39. The first-order valence-corrected chi connectivity index (χ1v) is 22.8. The summed E-state index contributed by atoms with van der Waals surface area (Å²) in [6.07, 6.45) is 30.8. The fourth-order valence-electron chi connectivity index (χ4n) is 7.01. The zero-order chi connectivity index (χ0) is 40.2. The van der Waals surface area contributed by atoms with Gasteiger partial charge in [0.15, 0.2) is 12.4 Å². The molecule has 1 aliphatic heterocycles. The van der Waals surface area contributed by atoms with Gasteiger partial charge in [-0.1, -0.05) is 167 Å². The number of allylic oxidation sites excluding steroid dienone is 2. The van der Waals surface area contributed by atoms with Crippen molar-refractivity contribution in [2.24, 2.45) is 0 Å². The van der Waals surface area contributed by atoms with E-state index >= 15 is 0 Å². The molecule has 10 nitrogen and oxygen atoms in total. The molecule has 1 saturated heterocycles. The lowest BCUT2D eigenvalue weighted by Crippen LogP contribution is -2.59. The first kappa shape index (κ1) is 51.5. The Kier molecular flexibility index (Phi) is 34.4. The van der Waals surface area contributed by atoms with Crippen LogP contribution in [0.3, 0.4) is 0 Å². The molecule has 4 N–H and O–H groups in total. The topological polar surface area (TPSA) is 152 Å².